The lowest BCUT2D eigenvalue weighted by Gasteiger charge is -2.27. The lowest BCUT2D eigenvalue weighted by molar-refractivity contribution is -0.126. The Kier molecular flexibility index (Phi) is 4.93. The number of aryl methyl sites for hydroxylation is 1. The molecule has 118 valence electrons. The van der Waals surface area contributed by atoms with Crippen LogP contribution in [0.4, 0.5) is 4.79 Å². The van der Waals surface area contributed by atoms with E-state index in [-0.39, 0.29) is 12.5 Å². The van der Waals surface area contributed by atoms with Crippen molar-refractivity contribution in [3.05, 3.63) is 11.7 Å². The number of rotatable bonds is 4. The average Bonchev–Trinajstić information content (AvgIpc) is 2.68. The number of nitrogens with zero attached hydrogens (tertiary/aromatic N) is 2. The molecule has 0 atom stereocenters. The summed E-state index contributed by atoms with van der Waals surface area (Å²) in [7, 11) is 0. The van der Waals surface area contributed by atoms with E-state index in [4.69, 9.17) is 9.26 Å². The first kappa shape index (κ1) is 16.9. The molecule has 0 saturated carbocycles. The third kappa shape index (κ3) is 5.80. The maximum absolute atomic E-state index is 12.1. The summed E-state index contributed by atoms with van der Waals surface area (Å²) >= 11 is 0. The van der Waals surface area contributed by atoms with Gasteiger partial charge in [-0.25, -0.2) is 4.79 Å². The zero-order valence-electron chi connectivity index (χ0n) is 13.2. The predicted octanol–water partition coefficient (Wildman–Crippen LogP) is 1.30. The summed E-state index contributed by atoms with van der Waals surface area (Å²) in [4.78, 5) is 27.7. The Morgan fingerprint density at radius 2 is 1.86 bits per heavy atom. The van der Waals surface area contributed by atoms with Crippen molar-refractivity contribution >= 4 is 12.0 Å². The average molecular weight is 298 g/mol. The molecule has 2 N–H and O–H groups in total. The van der Waals surface area contributed by atoms with Crippen molar-refractivity contribution in [2.45, 2.75) is 59.2 Å². The molecule has 8 nitrogen and oxygen atoms in total. The molecule has 21 heavy (non-hydrogen) atoms. The van der Waals surface area contributed by atoms with Crippen LogP contribution >= 0.6 is 0 Å². The molecule has 0 aliphatic heterocycles. The second-order valence-electron chi connectivity index (χ2n) is 6.17. The molecule has 2 amide bonds. The van der Waals surface area contributed by atoms with Crippen molar-refractivity contribution in [1.82, 2.24) is 20.8 Å². The highest BCUT2D eigenvalue weighted by Gasteiger charge is 2.31. The molecule has 0 unspecified atom stereocenters. The fraction of sp³-hybridized carbons (Fsp3) is 0.692. The topological polar surface area (TPSA) is 106 Å². The molecule has 0 aliphatic rings. The molecule has 0 bridgehead atoms. The van der Waals surface area contributed by atoms with E-state index in [1.807, 2.05) is 0 Å². The van der Waals surface area contributed by atoms with E-state index < -0.39 is 17.2 Å². The largest absolute Gasteiger partial charge is 0.444 e. The van der Waals surface area contributed by atoms with Gasteiger partial charge in [-0.05, 0) is 41.5 Å². The zero-order valence-corrected chi connectivity index (χ0v) is 13.2. The van der Waals surface area contributed by atoms with E-state index in [0.717, 1.165) is 0 Å². The number of aromatic nitrogens is 2. The van der Waals surface area contributed by atoms with E-state index in [9.17, 15) is 9.59 Å². The first-order valence-electron chi connectivity index (χ1n) is 6.58. The number of nitrogens with one attached hydrogen (secondary N) is 2. The van der Waals surface area contributed by atoms with Gasteiger partial charge in [0.2, 0.25) is 11.8 Å². The van der Waals surface area contributed by atoms with Gasteiger partial charge in [-0.1, -0.05) is 5.16 Å². The maximum Gasteiger partial charge on any atom is 0.408 e. The van der Waals surface area contributed by atoms with Gasteiger partial charge < -0.3 is 19.9 Å². The van der Waals surface area contributed by atoms with Crippen molar-refractivity contribution in [2.75, 3.05) is 0 Å². The molecule has 0 radical (unpaired) electrons. The number of alkyl carbamates (subject to hydrolysis) is 1. The quantitative estimate of drug-likeness (QED) is 0.867. The summed E-state index contributed by atoms with van der Waals surface area (Å²) in [5.41, 5.74) is -1.75. The van der Waals surface area contributed by atoms with Crippen LogP contribution in [0.3, 0.4) is 0 Å². The number of hydrogen-bond acceptors (Lipinski definition) is 6. The van der Waals surface area contributed by atoms with Gasteiger partial charge >= 0.3 is 6.09 Å². The molecule has 8 heteroatoms. The number of hydrogen-bond donors (Lipinski definition) is 2. The van der Waals surface area contributed by atoms with Crippen LogP contribution < -0.4 is 10.6 Å². The van der Waals surface area contributed by atoms with Gasteiger partial charge in [-0.2, -0.15) is 4.98 Å². The van der Waals surface area contributed by atoms with Crippen molar-refractivity contribution in [3.8, 4) is 0 Å². The minimum Gasteiger partial charge on any atom is -0.444 e. The molecule has 0 saturated heterocycles. The number of carbonyl (C=O) groups is 2. The SMILES string of the molecule is Cc1noc(CNC(=O)C(C)(C)NC(=O)OC(C)(C)C)n1. The van der Waals surface area contributed by atoms with Gasteiger partial charge in [0.15, 0.2) is 5.82 Å². The molecular formula is C13H22N4O4. The van der Waals surface area contributed by atoms with Crippen LogP contribution in [0.1, 0.15) is 46.3 Å². The number of carbonyl (C=O) groups excluding carboxylic acids is 2. The molecule has 0 aromatic carbocycles. The molecular weight excluding hydrogens is 276 g/mol. The summed E-state index contributed by atoms with van der Waals surface area (Å²) in [5.74, 6) is 0.406. The minimum atomic E-state index is -1.13. The van der Waals surface area contributed by atoms with Crippen LogP contribution in [0.15, 0.2) is 4.52 Å². The predicted molar refractivity (Wildman–Crippen MR) is 74.3 cm³/mol. The summed E-state index contributed by atoms with van der Waals surface area (Å²) in [6.07, 6.45) is -0.656. The van der Waals surface area contributed by atoms with E-state index >= 15 is 0 Å². The zero-order chi connectivity index (χ0) is 16.3. The van der Waals surface area contributed by atoms with E-state index in [0.29, 0.717) is 11.7 Å². The van der Waals surface area contributed by atoms with Crippen LogP contribution in [-0.4, -0.2) is 33.3 Å². The fourth-order valence-corrected chi connectivity index (χ4v) is 1.40. The van der Waals surface area contributed by atoms with E-state index in [2.05, 4.69) is 20.8 Å². The van der Waals surface area contributed by atoms with Gasteiger partial charge in [-0.15, -0.1) is 0 Å². The monoisotopic (exact) mass is 298 g/mol. The minimum absolute atomic E-state index is 0.0963. The Balaban J connectivity index is 2.52. The van der Waals surface area contributed by atoms with Crippen LogP contribution in [0.5, 0.6) is 0 Å². The van der Waals surface area contributed by atoms with Crippen molar-refractivity contribution in [2.24, 2.45) is 0 Å². The smallest absolute Gasteiger partial charge is 0.408 e. The Morgan fingerprint density at radius 3 is 2.33 bits per heavy atom. The van der Waals surface area contributed by atoms with E-state index in [1.165, 1.54) is 0 Å². The Labute approximate surface area is 123 Å². The van der Waals surface area contributed by atoms with Crippen molar-refractivity contribution < 1.29 is 18.8 Å². The lowest BCUT2D eigenvalue weighted by Crippen LogP contribution is -2.55. The standard InChI is InChI=1S/C13H22N4O4/c1-8-15-9(21-17-8)7-14-10(18)13(5,6)16-11(19)20-12(2,3)4/h7H2,1-6H3,(H,14,18)(H,16,19). The highest BCUT2D eigenvalue weighted by Crippen LogP contribution is 2.10. The highest BCUT2D eigenvalue weighted by atomic mass is 16.6. The molecule has 1 aromatic heterocycles. The van der Waals surface area contributed by atoms with Gasteiger partial charge in [0.05, 0.1) is 6.54 Å². The summed E-state index contributed by atoms with van der Waals surface area (Å²) in [6.45, 7) is 10.2. The Morgan fingerprint density at radius 1 is 1.24 bits per heavy atom. The third-order valence-corrected chi connectivity index (χ3v) is 2.35. The summed E-state index contributed by atoms with van der Waals surface area (Å²) < 4.78 is 10.0. The molecule has 1 aromatic rings. The fourth-order valence-electron chi connectivity index (χ4n) is 1.40. The second-order valence-corrected chi connectivity index (χ2v) is 6.17. The maximum atomic E-state index is 12.1. The molecule has 0 fully saturated rings. The number of ether oxygens (including phenoxy) is 1. The molecule has 0 spiro atoms. The Hall–Kier alpha value is -2.12. The highest BCUT2D eigenvalue weighted by molar-refractivity contribution is 5.89. The summed E-state index contributed by atoms with van der Waals surface area (Å²) in [6, 6.07) is 0. The molecule has 0 aliphatic carbocycles. The summed E-state index contributed by atoms with van der Waals surface area (Å²) in [5, 5.41) is 8.75. The number of amides is 2. The van der Waals surface area contributed by atoms with Crippen LogP contribution in [-0.2, 0) is 16.1 Å². The van der Waals surface area contributed by atoms with Gasteiger partial charge in [0.1, 0.15) is 11.1 Å². The second kappa shape index (κ2) is 6.11. The lowest BCUT2D eigenvalue weighted by atomic mass is 10.1. The van der Waals surface area contributed by atoms with Crippen LogP contribution in [0.25, 0.3) is 0 Å². The first-order chi connectivity index (χ1) is 9.49. The molecule has 1 rings (SSSR count). The van der Waals surface area contributed by atoms with Crippen LogP contribution in [0, 0.1) is 6.92 Å². The van der Waals surface area contributed by atoms with Gasteiger partial charge in [-0.3, -0.25) is 4.79 Å². The third-order valence-electron chi connectivity index (χ3n) is 2.35. The normalized spacial score (nSPS) is 11.9. The van der Waals surface area contributed by atoms with Crippen molar-refractivity contribution in [1.29, 1.82) is 0 Å². The molecule has 1 heterocycles. The first-order valence-corrected chi connectivity index (χ1v) is 6.58. The van der Waals surface area contributed by atoms with E-state index in [1.54, 1.807) is 41.5 Å². The van der Waals surface area contributed by atoms with Gasteiger partial charge in [0.25, 0.3) is 0 Å². The Bertz CT molecular complexity index is 516. The van der Waals surface area contributed by atoms with Gasteiger partial charge in [0, 0.05) is 0 Å². The van der Waals surface area contributed by atoms with Crippen LogP contribution in [0.2, 0.25) is 0 Å². The van der Waals surface area contributed by atoms with Crippen molar-refractivity contribution in [3.63, 3.8) is 0 Å².